The third kappa shape index (κ3) is 6.43. The number of carbonyl (C=O) groups excluding carboxylic acids is 1. The number of halogens is 1. The molecule has 3 rings (SSSR count). The third-order valence-corrected chi connectivity index (χ3v) is 5.00. The Bertz CT molecular complexity index is 991. The first kappa shape index (κ1) is 24.2. The molecule has 0 bridgehead atoms. The molecule has 1 amide bonds. The Kier molecular flexibility index (Phi) is 9.29. The Morgan fingerprint density at radius 1 is 1.19 bits per heavy atom. The summed E-state index contributed by atoms with van der Waals surface area (Å²) in [6, 6.07) is 11.6. The molecule has 5 heteroatoms. The van der Waals surface area contributed by atoms with Crippen LogP contribution in [0.15, 0.2) is 84.4 Å². The molecule has 0 aliphatic carbocycles. The molecule has 1 aliphatic rings. The minimum atomic E-state index is -0.528. The van der Waals surface area contributed by atoms with Gasteiger partial charge >= 0.3 is 0 Å². The van der Waals surface area contributed by atoms with Crippen molar-refractivity contribution in [2.75, 3.05) is 5.32 Å². The van der Waals surface area contributed by atoms with Crippen LogP contribution in [-0.4, -0.2) is 22.8 Å². The number of hydrogen-bond donors (Lipinski definition) is 2. The number of hydrogen-bond acceptors (Lipinski definition) is 3. The summed E-state index contributed by atoms with van der Waals surface area (Å²) < 4.78 is 0. The van der Waals surface area contributed by atoms with Gasteiger partial charge in [0.15, 0.2) is 0 Å². The predicted octanol–water partition coefficient (Wildman–Crippen LogP) is 6.70. The van der Waals surface area contributed by atoms with Crippen molar-refractivity contribution in [3.05, 3.63) is 95.6 Å². The van der Waals surface area contributed by atoms with Gasteiger partial charge in [-0.2, -0.15) is 0 Å². The number of benzene rings is 2. The first-order chi connectivity index (χ1) is 15.0. The highest BCUT2D eigenvalue weighted by atomic mass is 35.5. The van der Waals surface area contributed by atoms with Crippen molar-refractivity contribution in [1.29, 1.82) is 0 Å². The van der Waals surface area contributed by atoms with Gasteiger partial charge in [0, 0.05) is 16.1 Å². The van der Waals surface area contributed by atoms with E-state index in [1.54, 1.807) is 54.6 Å². The molecule has 2 aromatic carbocycles. The van der Waals surface area contributed by atoms with Gasteiger partial charge in [-0.15, -0.1) is 0 Å². The molecule has 162 valence electrons. The molecule has 0 radical (unpaired) electrons. The average Bonchev–Trinajstić information content (AvgIpc) is 2.91. The number of aromatic hydroxyl groups is 1. The Balaban J connectivity index is 0.00000166. The van der Waals surface area contributed by atoms with Crippen LogP contribution < -0.4 is 5.32 Å². The molecule has 2 N–H and O–H groups in total. The van der Waals surface area contributed by atoms with Gasteiger partial charge < -0.3 is 10.4 Å². The van der Waals surface area contributed by atoms with E-state index in [2.05, 4.69) is 18.5 Å². The van der Waals surface area contributed by atoms with Crippen molar-refractivity contribution in [1.82, 2.24) is 0 Å². The molecule has 0 spiro atoms. The van der Waals surface area contributed by atoms with Crippen molar-refractivity contribution >= 4 is 28.9 Å². The lowest BCUT2D eigenvalue weighted by atomic mass is 10.00. The van der Waals surface area contributed by atoms with Crippen LogP contribution in [0.1, 0.15) is 44.2 Å². The second-order valence-electron chi connectivity index (χ2n) is 6.79. The topological polar surface area (TPSA) is 61.7 Å². The molecule has 0 fully saturated rings. The molecule has 1 atom stereocenters. The van der Waals surface area contributed by atoms with E-state index in [1.165, 1.54) is 0 Å². The van der Waals surface area contributed by atoms with Crippen molar-refractivity contribution in [3.8, 4) is 5.75 Å². The lowest BCUT2D eigenvalue weighted by Gasteiger charge is -2.11. The van der Waals surface area contributed by atoms with Crippen LogP contribution in [0, 0.1) is 0 Å². The van der Waals surface area contributed by atoms with Gasteiger partial charge in [0.2, 0.25) is 5.91 Å². The van der Waals surface area contributed by atoms with Crippen LogP contribution in [0.25, 0.3) is 0 Å². The molecular formula is C26H29ClN2O2. The molecule has 1 aliphatic heterocycles. The first-order valence-corrected chi connectivity index (χ1v) is 10.8. The summed E-state index contributed by atoms with van der Waals surface area (Å²) in [5.41, 5.74) is 4.00. The number of rotatable bonds is 7. The van der Waals surface area contributed by atoms with Crippen LogP contribution in [0.2, 0.25) is 5.02 Å². The number of amides is 1. The maximum Gasteiger partial charge on any atom is 0.249 e. The van der Waals surface area contributed by atoms with Crippen molar-refractivity contribution < 1.29 is 9.90 Å². The average molecular weight is 437 g/mol. The number of phenols is 1. The fourth-order valence-corrected chi connectivity index (χ4v) is 3.44. The van der Waals surface area contributed by atoms with Crippen molar-refractivity contribution in [2.45, 2.75) is 39.2 Å². The van der Waals surface area contributed by atoms with Gasteiger partial charge in [-0.1, -0.05) is 56.8 Å². The smallest absolute Gasteiger partial charge is 0.249 e. The molecule has 1 unspecified atom stereocenters. The van der Waals surface area contributed by atoms with E-state index in [9.17, 15) is 9.90 Å². The number of carbonyl (C=O) groups is 1. The summed E-state index contributed by atoms with van der Waals surface area (Å²) in [6.45, 7) is 11.5. The van der Waals surface area contributed by atoms with Crippen LogP contribution in [-0.2, 0) is 4.79 Å². The number of anilines is 1. The second kappa shape index (κ2) is 11.9. The zero-order valence-electron chi connectivity index (χ0n) is 18.1. The summed E-state index contributed by atoms with van der Waals surface area (Å²) in [5.74, 6) is 0.0289. The number of benzodiazepines with no additional fused rings is 1. The third-order valence-electron chi connectivity index (χ3n) is 4.76. The van der Waals surface area contributed by atoms with Gasteiger partial charge in [0.25, 0.3) is 0 Å². The zero-order chi connectivity index (χ0) is 22.8. The zero-order valence-corrected chi connectivity index (χ0v) is 18.8. The summed E-state index contributed by atoms with van der Waals surface area (Å²) in [5, 5.41) is 13.2. The van der Waals surface area contributed by atoms with E-state index in [4.69, 9.17) is 16.6 Å². The molecule has 0 saturated carbocycles. The van der Waals surface area contributed by atoms with Gasteiger partial charge in [-0.25, -0.2) is 0 Å². The van der Waals surface area contributed by atoms with E-state index in [0.717, 1.165) is 29.5 Å². The SMILES string of the molecule is C=C/C=C(\C=C)CCCC1N=C(c2ccc(O)cc2)c2cc(Cl)ccc2NC1=O.CC. The van der Waals surface area contributed by atoms with E-state index in [1.807, 2.05) is 19.9 Å². The Hall–Kier alpha value is -3.11. The fraction of sp³-hybridized carbons (Fsp3) is 0.231. The van der Waals surface area contributed by atoms with E-state index in [-0.39, 0.29) is 11.7 Å². The summed E-state index contributed by atoms with van der Waals surface area (Å²) >= 11 is 6.21. The van der Waals surface area contributed by atoms with Crippen molar-refractivity contribution in [2.24, 2.45) is 4.99 Å². The molecular weight excluding hydrogens is 408 g/mol. The maximum atomic E-state index is 12.8. The minimum Gasteiger partial charge on any atom is -0.508 e. The molecule has 2 aromatic rings. The Labute approximate surface area is 189 Å². The van der Waals surface area contributed by atoms with Crippen LogP contribution >= 0.6 is 11.6 Å². The quantitative estimate of drug-likeness (QED) is 0.474. The maximum absolute atomic E-state index is 12.8. The van der Waals surface area contributed by atoms with Gasteiger partial charge in [-0.05, 0) is 67.3 Å². The van der Waals surface area contributed by atoms with Crippen LogP contribution in [0.3, 0.4) is 0 Å². The fourth-order valence-electron chi connectivity index (χ4n) is 3.27. The monoisotopic (exact) mass is 436 g/mol. The number of nitrogens with one attached hydrogen (secondary N) is 1. The number of phenolic OH excluding ortho intramolecular Hbond substituents is 1. The number of fused-ring (bicyclic) bond motifs is 1. The standard InChI is InChI=1S/C24H23ClN2O2.C2H6/c1-3-6-16(4-2)7-5-8-22-24(29)27-21-14-11-18(25)15-20(21)23(26-22)17-9-12-19(28)13-10-17;1-2/h3-4,6,9-15,22,28H,1-2,5,7-8H2,(H,27,29);1-2H3/b16-6+;. The van der Waals surface area contributed by atoms with Gasteiger partial charge in [-0.3, -0.25) is 9.79 Å². The summed E-state index contributed by atoms with van der Waals surface area (Å²) in [6.07, 6.45) is 7.63. The number of allylic oxidation sites excluding steroid dienone is 4. The normalized spacial score (nSPS) is 15.5. The number of nitrogens with zero attached hydrogens (tertiary/aromatic N) is 1. The molecule has 1 heterocycles. The second-order valence-corrected chi connectivity index (χ2v) is 7.23. The Morgan fingerprint density at radius 2 is 1.90 bits per heavy atom. The van der Waals surface area contributed by atoms with Crippen LogP contribution in [0.4, 0.5) is 5.69 Å². The number of aliphatic imine (C=N–C) groups is 1. The minimum absolute atomic E-state index is 0.143. The summed E-state index contributed by atoms with van der Waals surface area (Å²) in [7, 11) is 0. The molecule has 31 heavy (non-hydrogen) atoms. The van der Waals surface area contributed by atoms with Gasteiger partial charge in [0.1, 0.15) is 11.8 Å². The summed E-state index contributed by atoms with van der Waals surface area (Å²) in [4.78, 5) is 17.6. The van der Waals surface area contributed by atoms with E-state index in [0.29, 0.717) is 22.8 Å². The lowest BCUT2D eigenvalue weighted by molar-refractivity contribution is -0.117. The largest absolute Gasteiger partial charge is 0.508 e. The van der Waals surface area contributed by atoms with Crippen LogP contribution in [0.5, 0.6) is 5.75 Å². The highest BCUT2D eigenvalue weighted by Crippen LogP contribution is 2.29. The highest BCUT2D eigenvalue weighted by Gasteiger charge is 2.25. The Morgan fingerprint density at radius 3 is 2.55 bits per heavy atom. The molecule has 4 nitrogen and oxygen atoms in total. The van der Waals surface area contributed by atoms with E-state index < -0.39 is 6.04 Å². The molecule has 0 saturated heterocycles. The lowest BCUT2D eigenvalue weighted by Crippen LogP contribution is -2.25. The first-order valence-electron chi connectivity index (χ1n) is 10.4. The van der Waals surface area contributed by atoms with Gasteiger partial charge in [0.05, 0.1) is 11.4 Å². The molecule has 0 aromatic heterocycles. The van der Waals surface area contributed by atoms with E-state index >= 15 is 0 Å². The predicted molar refractivity (Wildman–Crippen MR) is 131 cm³/mol. The highest BCUT2D eigenvalue weighted by molar-refractivity contribution is 6.32. The van der Waals surface area contributed by atoms with Crippen molar-refractivity contribution in [3.63, 3.8) is 0 Å².